The Morgan fingerprint density at radius 1 is 1.21 bits per heavy atom. The van der Waals surface area contributed by atoms with Gasteiger partial charge in [0.2, 0.25) is 0 Å². The third kappa shape index (κ3) is 5.19. The number of aromatic nitrogens is 3. The molecule has 0 aliphatic heterocycles. The van der Waals surface area contributed by atoms with E-state index in [-0.39, 0.29) is 5.41 Å². The summed E-state index contributed by atoms with van der Waals surface area (Å²) >= 11 is 0. The molecule has 2 aromatic rings. The van der Waals surface area contributed by atoms with Crippen LogP contribution in [0.3, 0.4) is 0 Å². The summed E-state index contributed by atoms with van der Waals surface area (Å²) < 4.78 is 0. The molecule has 1 heterocycles. The molecule has 3 N–H and O–H groups in total. The van der Waals surface area contributed by atoms with Gasteiger partial charge < -0.3 is 10.6 Å². The van der Waals surface area contributed by atoms with Crippen LogP contribution in [0, 0.1) is 12.3 Å². The fourth-order valence-electron chi connectivity index (χ4n) is 2.03. The monoisotopic (exact) mass is 329 g/mol. The number of aryl methyl sites for hydroxylation is 1. The maximum Gasteiger partial charge on any atom is 0.313 e. The summed E-state index contributed by atoms with van der Waals surface area (Å²) in [5.74, 6) is -0.0819. The van der Waals surface area contributed by atoms with Gasteiger partial charge in [0.15, 0.2) is 5.82 Å². The number of amides is 2. The lowest BCUT2D eigenvalue weighted by molar-refractivity contribution is -0.136. The van der Waals surface area contributed by atoms with Crippen LogP contribution in [0.4, 0.5) is 5.69 Å². The van der Waals surface area contributed by atoms with Gasteiger partial charge in [-0.05, 0) is 30.9 Å². The quantitative estimate of drug-likeness (QED) is 0.749. The number of hydrogen-bond donors (Lipinski definition) is 3. The highest BCUT2D eigenvalue weighted by Gasteiger charge is 2.16. The predicted octanol–water partition coefficient (Wildman–Crippen LogP) is 2.27. The molecule has 0 unspecified atom stereocenters. The van der Waals surface area contributed by atoms with Gasteiger partial charge >= 0.3 is 11.8 Å². The Balaban J connectivity index is 1.95. The van der Waals surface area contributed by atoms with Crippen molar-refractivity contribution in [2.75, 3.05) is 11.9 Å². The van der Waals surface area contributed by atoms with Crippen molar-refractivity contribution in [2.24, 2.45) is 5.41 Å². The summed E-state index contributed by atoms with van der Waals surface area (Å²) in [7, 11) is 0. The minimum Gasteiger partial charge on any atom is -0.348 e. The molecule has 1 aromatic heterocycles. The highest BCUT2D eigenvalue weighted by molar-refractivity contribution is 6.39. The normalized spacial score (nSPS) is 11.2. The van der Waals surface area contributed by atoms with E-state index in [1.165, 1.54) is 0 Å². The molecule has 0 saturated heterocycles. The number of benzene rings is 1. The van der Waals surface area contributed by atoms with Gasteiger partial charge in [0.25, 0.3) is 0 Å². The van der Waals surface area contributed by atoms with Crippen LogP contribution in [-0.2, 0) is 9.59 Å². The Morgan fingerprint density at radius 2 is 1.96 bits per heavy atom. The van der Waals surface area contributed by atoms with Crippen molar-refractivity contribution in [3.8, 4) is 11.4 Å². The van der Waals surface area contributed by atoms with E-state index in [1.54, 1.807) is 18.2 Å². The first kappa shape index (κ1) is 17.7. The Bertz CT molecular complexity index is 731. The van der Waals surface area contributed by atoms with Crippen molar-refractivity contribution < 1.29 is 9.59 Å². The van der Waals surface area contributed by atoms with E-state index in [2.05, 4.69) is 46.6 Å². The van der Waals surface area contributed by atoms with E-state index in [4.69, 9.17) is 0 Å². The maximum atomic E-state index is 12.0. The molecule has 2 rings (SSSR count). The molecule has 2 amide bonds. The number of aromatic amines is 1. The summed E-state index contributed by atoms with van der Waals surface area (Å²) in [6, 6.07) is 7.04. The second kappa shape index (κ2) is 7.25. The third-order valence-corrected chi connectivity index (χ3v) is 3.34. The smallest absolute Gasteiger partial charge is 0.313 e. The first-order chi connectivity index (χ1) is 11.2. The van der Waals surface area contributed by atoms with Crippen LogP contribution in [-0.4, -0.2) is 33.5 Å². The zero-order chi connectivity index (χ0) is 17.7. The molecular formula is C17H23N5O2. The molecule has 0 bridgehead atoms. The second-order valence-corrected chi connectivity index (χ2v) is 6.85. The van der Waals surface area contributed by atoms with Gasteiger partial charge in [0.05, 0.1) is 0 Å². The topological polar surface area (TPSA) is 99.8 Å². The van der Waals surface area contributed by atoms with Crippen molar-refractivity contribution in [3.05, 3.63) is 30.1 Å². The van der Waals surface area contributed by atoms with Crippen LogP contribution < -0.4 is 10.6 Å². The molecular weight excluding hydrogens is 306 g/mol. The number of rotatable bonds is 4. The SMILES string of the molecule is Cc1nc(-c2cccc(NC(=O)C(=O)NCCC(C)(C)C)c2)n[nH]1. The van der Waals surface area contributed by atoms with Crippen LogP contribution in [0.5, 0.6) is 0 Å². The lowest BCUT2D eigenvalue weighted by Gasteiger charge is -2.17. The number of anilines is 1. The van der Waals surface area contributed by atoms with E-state index >= 15 is 0 Å². The molecule has 24 heavy (non-hydrogen) atoms. The van der Waals surface area contributed by atoms with Crippen molar-refractivity contribution >= 4 is 17.5 Å². The van der Waals surface area contributed by atoms with Crippen molar-refractivity contribution in [3.63, 3.8) is 0 Å². The fraction of sp³-hybridized carbons (Fsp3) is 0.412. The highest BCUT2D eigenvalue weighted by atomic mass is 16.2. The van der Waals surface area contributed by atoms with Gasteiger partial charge in [-0.2, -0.15) is 5.10 Å². The number of nitrogens with zero attached hydrogens (tertiary/aromatic N) is 2. The van der Waals surface area contributed by atoms with Crippen molar-refractivity contribution in [1.82, 2.24) is 20.5 Å². The average Bonchev–Trinajstić information content (AvgIpc) is 2.92. The van der Waals surface area contributed by atoms with Crippen molar-refractivity contribution in [1.29, 1.82) is 0 Å². The third-order valence-electron chi connectivity index (χ3n) is 3.34. The first-order valence-corrected chi connectivity index (χ1v) is 7.83. The summed E-state index contributed by atoms with van der Waals surface area (Å²) in [5, 5.41) is 12.1. The molecule has 0 radical (unpaired) electrons. The molecule has 0 atom stereocenters. The Labute approximate surface area is 141 Å². The van der Waals surface area contributed by atoms with E-state index in [0.29, 0.717) is 23.9 Å². The van der Waals surface area contributed by atoms with E-state index < -0.39 is 11.8 Å². The molecule has 0 fully saturated rings. The molecule has 128 valence electrons. The molecule has 7 heteroatoms. The summed E-state index contributed by atoms with van der Waals surface area (Å²) in [6.45, 7) is 8.51. The van der Waals surface area contributed by atoms with Gasteiger partial charge in [-0.3, -0.25) is 14.7 Å². The van der Waals surface area contributed by atoms with E-state index in [0.717, 1.165) is 12.0 Å². The number of nitrogens with one attached hydrogen (secondary N) is 3. The number of hydrogen-bond acceptors (Lipinski definition) is 4. The molecule has 0 saturated carbocycles. The lowest BCUT2D eigenvalue weighted by atomic mass is 9.92. The summed E-state index contributed by atoms with van der Waals surface area (Å²) in [5.41, 5.74) is 1.38. The minimum atomic E-state index is -0.688. The molecule has 0 aliphatic carbocycles. The van der Waals surface area contributed by atoms with Crippen LogP contribution in [0.2, 0.25) is 0 Å². The van der Waals surface area contributed by atoms with Gasteiger partial charge in [0, 0.05) is 17.8 Å². The fourth-order valence-corrected chi connectivity index (χ4v) is 2.03. The molecule has 7 nitrogen and oxygen atoms in total. The van der Waals surface area contributed by atoms with Crippen LogP contribution in [0.1, 0.15) is 33.0 Å². The zero-order valence-corrected chi connectivity index (χ0v) is 14.4. The van der Waals surface area contributed by atoms with Crippen molar-refractivity contribution in [2.45, 2.75) is 34.1 Å². The van der Waals surface area contributed by atoms with Gasteiger partial charge in [-0.25, -0.2) is 4.98 Å². The number of carbonyl (C=O) groups is 2. The maximum absolute atomic E-state index is 12.0. The highest BCUT2D eigenvalue weighted by Crippen LogP contribution is 2.19. The minimum absolute atomic E-state index is 0.104. The predicted molar refractivity (Wildman–Crippen MR) is 92.3 cm³/mol. The van der Waals surface area contributed by atoms with E-state index in [9.17, 15) is 9.59 Å². The number of carbonyl (C=O) groups excluding carboxylic acids is 2. The van der Waals surface area contributed by atoms with E-state index in [1.807, 2.05) is 13.0 Å². The first-order valence-electron chi connectivity index (χ1n) is 7.83. The Kier molecular flexibility index (Phi) is 5.33. The van der Waals surface area contributed by atoms with Gasteiger partial charge in [-0.15, -0.1) is 0 Å². The van der Waals surface area contributed by atoms with Crippen LogP contribution in [0.15, 0.2) is 24.3 Å². The van der Waals surface area contributed by atoms with Crippen LogP contribution in [0.25, 0.3) is 11.4 Å². The zero-order valence-electron chi connectivity index (χ0n) is 14.4. The number of H-pyrrole nitrogens is 1. The largest absolute Gasteiger partial charge is 0.348 e. The summed E-state index contributed by atoms with van der Waals surface area (Å²) in [6.07, 6.45) is 0.797. The average molecular weight is 329 g/mol. The van der Waals surface area contributed by atoms with Crippen LogP contribution >= 0.6 is 0 Å². The standard InChI is InChI=1S/C17H23N5O2/c1-11-19-14(22-21-11)12-6-5-7-13(10-12)20-16(24)15(23)18-9-8-17(2,3)4/h5-7,10H,8-9H2,1-4H3,(H,18,23)(H,20,24)(H,19,21,22). The second-order valence-electron chi connectivity index (χ2n) is 6.85. The molecule has 1 aromatic carbocycles. The molecule has 0 aliphatic rings. The Hall–Kier alpha value is -2.70. The van der Waals surface area contributed by atoms with Gasteiger partial charge in [0.1, 0.15) is 5.82 Å². The van der Waals surface area contributed by atoms with Gasteiger partial charge in [-0.1, -0.05) is 32.9 Å². The summed E-state index contributed by atoms with van der Waals surface area (Å²) in [4.78, 5) is 28.0. The lowest BCUT2D eigenvalue weighted by Crippen LogP contribution is -2.36. The Morgan fingerprint density at radius 3 is 2.58 bits per heavy atom. The molecule has 0 spiro atoms.